The molecular weight excluding hydrogens is 398 g/mol. The summed E-state index contributed by atoms with van der Waals surface area (Å²) in [5.41, 5.74) is 1.07. The standard InChI is InChI=1S/C18H25N5O3S2/c1-11-12(2)27-18(20-11)21-17(24)15-8-14(28(25,26)22(3)4)9-19-16(15)23(5)10-13-6-7-13/h8-9,13H,6-7,10H2,1-5H3,(H,20,21,24). The van der Waals surface area contributed by atoms with Gasteiger partial charge in [-0.3, -0.25) is 10.1 Å². The minimum absolute atomic E-state index is 0.0160. The van der Waals surface area contributed by atoms with Crippen LogP contribution in [-0.4, -0.2) is 56.3 Å². The van der Waals surface area contributed by atoms with Crippen LogP contribution in [0.2, 0.25) is 0 Å². The Balaban J connectivity index is 1.99. The van der Waals surface area contributed by atoms with E-state index in [0.717, 1.165) is 34.3 Å². The van der Waals surface area contributed by atoms with Gasteiger partial charge in [0, 0.05) is 38.8 Å². The summed E-state index contributed by atoms with van der Waals surface area (Å²) in [6.07, 6.45) is 3.63. The molecule has 2 aromatic heterocycles. The number of anilines is 2. The Morgan fingerprint density at radius 2 is 1.96 bits per heavy atom. The van der Waals surface area contributed by atoms with Gasteiger partial charge in [0.2, 0.25) is 10.0 Å². The fraction of sp³-hybridized carbons (Fsp3) is 0.500. The first-order valence-corrected chi connectivity index (χ1v) is 11.2. The minimum Gasteiger partial charge on any atom is -0.359 e. The summed E-state index contributed by atoms with van der Waals surface area (Å²) in [4.78, 5) is 24.6. The minimum atomic E-state index is -3.70. The highest BCUT2D eigenvalue weighted by molar-refractivity contribution is 7.89. The number of rotatable bonds is 7. The lowest BCUT2D eigenvalue weighted by Crippen LogP contribution is -2.27. The quantitative estimate of drug-likeness (QED) is 0.735. The van der Waals surface area contributed by atoms with Crippen LogP contribution in [0.15, 0.2) is 17.2 Å². The first-order chi connectivity index (χ1) is 13.1. The van der Waals surface area contributed by atoms with Crippen molar-refractivity contribution in [2.75, 3.05) is 37.9 Å². The summed E-state index contributed by atoms with van der Waals surface area (Å²) in [5, 5.41) is 3.27. The van der Waals surface area contributed by atoms with Crippen molar-refractivity contribution in [2.24, 2.45) is 5.92 Å². The van der Waals surface area contributed by atoms with Gasteiger partial charge >= 0.3 is 0 Å². The van der Waals surface area contributed by atoms with E-state index >= 15 is 0 Å². The maximum atomic E-state index is 13.0. The smallest absolute Gasteiger partial charge is 0.261 e. The molecule has 0 bridgehead atoms. The van der Waals surface area contributed by atoms with E-state index in [1.807, 2.05) is 25.8 Å². The van der Waals surface area contributed by atoms with E-state index in [1.165, 1.54) is 37.7 Å². The van der Waals surface area contributed by atoms with Gasteiger partial charge in [-0.05, 0) is 38.7 Å². The van der Waals surface area contributed by atoms with Gasteiger partial charge in [0.1, 0.15) is 10.7 Å². The molecule has 0 atom stereocenters. The number of amides is 1. The molecule has 10 heteroatoms. The van der Waals surface area contributed by atoms with Crippen LogP contribution in [0.25, 0.3) is 0 Å². The Morgan fingerprint density at radius 3 is 2.50 bits per heavy atom. The second-order valence-corrected chi connectivity index (χ2v) is 10.6. The molecule has 2 aromatic rings. The summed E-state index contributed by atoms with van der Waals surface area (Å²) in [7, 11) is 1.06. The van der Waals surface area contributed by atoms with Crippen LogP contribution in [0.4, 0.5) is 10.9 Å². The highest BCUT2D eigenvalue weighted by Gasteiger charge is 2.28. The van der Waals surface area contributed by atoms with E-state index in [1.54, 1.807) is 0 Å². The van der Waals surface area contributed by atoms with Gasteiger partial charge in [0.15, 0.2) is 5.13 Å². The third-order valence-electron chi connectivity index (χ3n) is 4.70. The van der Waals surface area contributed by atoms with Gasteiger partial charge in [-0.2, -0.15) is 0 Å². The number of carbonyl (C=O) groups excluding carboxylic acids is 1. The first-order valence-electron chi connectivity index (χ1n) is 8.98. The Kier molecular flexibility index (Phi) is 5.74. The van der Waals surface area contributed by atoms with Gasteiger partial charge in [-0.25, -0.2) is 22.7 Å². The fourth-order valence-electron chi connectivity index (χ4n) is 2.73. The molecular formula is C18H25N5O3S2. The van der Waals surface area contributed by atoms with Crippen molar-refractivity contribution in [3.05, 3.63) is 28.4 Å². The zero-order valence-electron chi connectivity index (χ0n) is 16.7. The molecule has 2 heterocycles. The number of pyridine rings is 1. The number of carbonyl (C=O) groups is 1. The van der Waals surface area contributed by atoms with Crippen molar-refractivity contribution >= 4 is 38.2 Å². The van der Waals surface area contributed by atoms with E-state index in [0.29, 0.717) is 16.9 Å². The Hall–Kier alpha value is -2.04. The van der Waals surface area contributed by atoms with Gasteiger partial charge in [0.05, 0.1) is 11.3 Å². The Morgan fingerprint density at radius 1 is 1.29 bits per heavy atom. The van der Waals surface area contributed by atoms with Crippen molar-refractivity contribution in [3.63, 3.8) is 0 Å². The summed E-state index contributed by atoms with van der Waals surface area (Å²) in [5.74, 6) is 0.638. The third kappa shape index (κ3) is 4.34. The molecule has 0 spiro atoms. The fourth-order valence-corrected chi connectivity index (χ4v) is 4.41. The molecule has 0 aromatic carbocycles. The SMILES string of the molecule is Cc1nc(NC(=O)c2cc(S(=O)(=O)N(C)C)cnc2N(C)CC2CC2)sc1C. The van der Waals surface area contributed by atoms with Crippen LogP contribution in [0, 0.1) is 19.8 Å². The second kappa shape index (κ2) is 7.76. The van der Waals surface area contributed by atoms with Gasteiger partial charge < -0.3 is 4.90 Å². The zero-order valence-corrected chi connectivity index (χ0v) is 18.3. The van der Waals surface area contributed by atoms with Crippen LogP contribution < -0.4 is 10.2 Å². The number of sulfonamides is 1. The predicted octanol–water partition coefficient (Wildman–Crippen LogP) is 2.50. The summed E-state index contributed by atoms with van der Waals surface area (Å²) in [6.45, 7) is 4.59. The normalized spacial score (nSPS) is 14.4. The van der Waals surface area contributed by atoms with Gasteiger partial charge in [-0.15, -0.1) is 11.3 Å². The average molecular weight is 424 g/mol. The summed E-state index contributed by atoms with van der Waals surface area (Å²) < 4.78 is 26.1. The monoisotopic (exact) mass is 423 g/mol. The second-order valence-electron chi connectivity index (χ2n) is 7.27. The van der Waals surface area contributed by atoms with Crippen LogP contribution in [0.3, 0.4) is 0 Å². The predicted molar refractivity (Wildman–Crippen MR) is 111 cm³/mol. The number of aryl methyl sites for hydroxylation is 2. The van der Waals surface area contributed by atoms with Crippen LogP contribution in [0.1, 0.15) is 33.8 Å². The van der Waals surface area contributed by atoms with E-state index in [2.05, 4.69) is 15.3 Å². The van der Waals surface area contributed by atoms with Crippen molar-refractivity contribution in [3.8, 4) is 0 Å². The number of aromatic nitrogens is 2. The molecule has 1 saturated carbocycles. The molecule has 1 amide bonds. The summed E-state index contributed by atoms with van der Waals surface area (Å²) >= 11 is 1.38. The molecule has 3 rings (SSSR count). The van der Waals surface area contributed by atoms with E-state index < -0.39 is 15.9 Å². The van der Waals surface area contributed by atoms with E-state index in [4.69, 9.17) is 0 Å². The van der Waals surface area contributed by atoms with Gasteiger partial charge in [0.25, 0.3) is 5.91 Å². The molecule has 0 aliphatic heterocycles. The average Bonchev–Trinajstić information content (AvgIpc) is 3.38. The van der Waals surface area contributed by atoms with Crippen LogP contribution in [-0.2, 0) is 10.0 Å². The highest BCUT2D eigenvalue weighted by Crippen LogP contribution is 2.32. The number of hydrogen-bond acceptors (Lipinski definition) is 7. The number of thiazole rings is 1. The first kappa shape index (κ1) is 20.7. The van der Waals surface area contributed by atoms with E-state index in [-0.39, 0.29) is 10.5 Å². The highest BCUT2D eigenvalue weighted by atomic mass is 32.2. The van der Waals surface area contributed by atoms with Crippen LogP contribution in [0.5, 0.6) is 0 Å². The molecule has 0 unspecified atom stereocenters. The lowest BCUT2D eigenvalue weighted by Gasteiger charge is -2.21. The molecule has 1 N–H and O–H groups in total. The van der Waals surface area contributed by atoms with Crippen molar-refractivity contribution in [1.29, 1.82) is 0 Å². The lowest BCUT2D eigenvalue weighted by atomic mass is 10.2. The lowest BCUT2D eigenvalue weighted by molar-refractivity contribution is 0.102. The maximum absolute atomic E-state index is 13.0. The van der Waals surface area contributed by atoms with Crippen molar-refractivity contribution in [1.82, 2.24) is 14.3 Å². The number of hydrogen-bond donors (Lipinski definition) is 1. The Bertz CT molecular complexity index is 977. The molecule has 1 aliphatic carbocycles. The van der Waals surface area contributed by atoms with Crippen LogP contribution >= 0.6 is 11.3 Å². The number of nitrogens with zero attached hydrogens (tertiary/aromatic N) is 4. The molecule has 0 radical (unpaired) electrons. The van der Waals surface area contributed by atoms with Crippen molar-refractivity contribution < 1.29 is 13.2 Å². The molecule has 152 valence electrons. The van der Waals surface area contributed by atoms with E-state index in [9.17, 15) is 13.2 Å². The van der Waals surface area contributed by atoms with Gasteiger partial charge in [-0.1, -0.05) is 0 Å². The molecule has 1 aliphatic rings. The maximum Gasteiger partial charge on any atom is 0.261 e. The third-order valence-corrected chi connectivity index (χ3v) is 7.47. The molecule has 28 heavy (non-hydrogen) atoms. The zero-order chi connectivity index (χ0) is 20.6. The molecule has 1 fully saturated rings. The Labute approximate surface area is 169 Å². The largest absolute Gasteiger partial charge is 0.359 e. The molecule has 8 nitrogen and oxygen atoms in total. The molecule has 0 saturated heterocycles. The topological polar surface area (TPSA) is 95.5 Å². The van der Waals surface area contributed by atoms with Crippen molar-refractivity contribution in [2.45, 2.75) is 31.6 Å². The summed E-state index contributed by atoms with van der Waals surface area (Å²) in [6, 6.07) is 1.39. The number of nitrogens with one attached hydrogen (secondary N) is 1.